The minimum absolute atomic E-state index is 0.307. The highest BCUT2D eigenvalue weighted by Gasteiger charge is 2.18. The molecule has 0 bridgehead atoms. The third-order valence-corrected chi connectivity index (χ3v) is 3.69. The van der Waals surface area contributed by atoms with Crippen LogP contribution < -0.4 is 0 Å². The predicted molar refractivity (Wildman–Crippen MR) is 79.5 cm³/mol. The Morgan fingerprint density at radius 1 is 1.11 bits per heavy atom. The summed E-state index contributed by atoms with van der Waals surface area (Å²) >= 11 is 0. The molecule has 1 rings (SSSR count). The van der Waals surface area contributed by atoms with E-state index in [1.807, 2.05) is 0 Å². The summed E-state index contributed by atoms with van der Waals surface area (Å²) in [5, 5.41) is 9.97. The zero-order valence-corrected chi connectivity index (χ0v) is 13.2. The van der Waals surface area contributed by atoms with Gasteiger partial charge in [0.05, 0.1) is 12.7 Å². The summed E-state index contributed by atoms with van der Waals surface area (Å²) in [6.07, 6.45) is 0.683. The van der Waals surface area contributed by atoms with Crippen molar-refractivity contribution < 1.29 is 9.84 Å². The highest BCUT2D eigenvalue weighted by molar-refractivity contribution is 4.73. The van der Waals surface area contributed by atoms with Gasteiger partial charge in [-0.15, -0.1) is 0 Å². The largest absolute Gasteiger partial charge is 0.389 e. The second kappa shape index (κ2) is 8.20. The Morgan fingerprint density at radius 3 is 2.21 bits per heavy atom. The van der Waals surface area contributed by atoms with Crippen LogP contribution >= 0.6 is 0 Å². The van der Waals surface area contributed by atoms with Crippen LogP contribution in [-0.4, -0.2) is 73.5 Å². The molecular weight excluding hydrogens is 240 g/mol. The number of likely N-dealkylation sites (N-methyl/N-ethyl adjacent to an activating group) is 1. The number of rotatable bonds is 7. The molecule has 1 saturated heterocycles. The molecule has 114 valence electrons. The normalized spacial score (nSPS) is 20.7. The van der Waals surface area contributed by atoms with E-state index in [1.54, 1.807) is 0 Å². The minimum Gasteiger partial charge on any atom is -0.389 e. The molecule has 0 spiro atoms. The summed E-state index contributed by atoms with van der Waals surface area (Å²) < 4.78 is 5.57. The summed E-state index contributed by atoms with van der Waals surface area (Å²) in [6, 6.07) is 0. The van der Waals surface area contributed by atoms with Crippen molar-refractivity contribution in [2.75, 3.05) is 52.5 Å². The second-order valence-corrected chi connectivity index (χ2v) is 6.77. The van der Waals surface area contributed by atoms with E-state index >= 15 is 0 Å². The lowest BCUT2D eigenvalue weighted by Crippen LogP contribution is -2.48. The zero-order valence-electron chi connectivity index (χ0n) is 13.2. The topological polar surface area (TPSA) is 35.9 Å². The van der Waals surface area contributed by atoms with Crippen molar-refractivity contribution >= 4 is 0 Å². The molecule has 1 aliphatic heterocycles. The maximum atomic E-state index is 9.97. The highest BCUT2D eigenvalue weighted by Crippen LogP contribution is 2.17. The van der Waals surface area contributed by atoms with Gasteiger partial charge < -0.3 is 14.7 Å². The van der Waals surface area contributed by atoms with E-state index in [0.29, 0.717) is 12.0 Å². The van der Waals surface area contributed by atoms with Gasteiger partial charge in [0.2, 0.25) is 0 Å². The van der Waals surface area contributed by atoms with Crippen LogP contribution in [0.1, 0.15) is 34.1 Å². The first-order valence-corrected chi connectivity index (χ1v) is 7.61. The maximum absolute atomic E-state index is 9.97. The lowest BCUT2D eigenvalue weighted by Gasteiger charge is -2.34. The molecule has 1 aliphatic rings. The number of hydrogen-bond donors (Lipinski definition) is 1. The van der Waals surface area contributed by atoms with Gasteiger partial charge >= 0.3 is 0 Å². The number of aliphatic hydroxyl groups is 1. The fourth-order valence-corrected chi connectivity index (χ4v) is 2.24. The summed E-state index contributed by atoms with van der Waals surface area (Å²) in [4.78, 5) is 4.78. The van der Waals surface area contributed by atoms with Crippen LogP contribution in [-0.2, 0) is 4.74 Å². The third-order valence-electron chi connectivity index (χ3n) is 3.69. The third kappa shape index (κ3) is 7.88. The van der Waals surface area contributed by atoms with Crippen LogP contribution in [0.3, 0.4) is 0 Å². The molecule has 4 heteroatoms. The van der Waals surface area contributed by atoms with Crippen molar-refractivity contribution in [1.82, 2.24) is 9.80 Å². The van der Waals surface area contributed by atoms with Crippen LogP contribution in [0.5, 0.6) is 0 Å². The lowest BCUT2D eigenvalue weighted by atomic mass is 9.93. The van der Waals surface area contributed by atoms with E-state index < -0.39 is 0 Å². The average Bonchev–Trinajstić information content (AvgIpc) is 2.34. The lowest BCUT2D eigenvalue weighted by molar-refractivity contribution is 0.00166. The molecule has 0 aromatic carbocycles. The molecule has 1 atom stereocenters. The molecule has 1 fully saturated rings. The van der Waals surface area contributed by atoms with Crippen molar-refractivity contribution in [3.63, 3.8) is 0 Å². The van der Waals surface area contributed by atoms with Crippen LogP contribution in [0.15, 0.2) is 0 Å². The van der Waals surface area contributed by atoms with E-state index in [4.69, 9.17) is 4.74 Å². The zero-order chi connectivity index (χ0) is 14.3. The van der Waals surface area contributed by atoms with E-state index in [-0.39, 0.29) is 6.10 Å². The van der Waals surface area contributed by atoms with Crippen LogP contribution in [0, 0.1) is 5.41 Å². The van der Waals surface area contributed by atoms with E-state index in [9.17, 15) is 5.11 Å². The molecule has 1 N–H and O–H groups in total. The monoisotopic (exact) mass is 272 g/mol. The maximum Gasteiger partial charge on any atom is 0.0900 e. The molecule has 0 amide bonds. The van der Waals surface area contributed by atoms with Gasteiger partial charge in [0, 0.05) is 39.3 Å². The minimum atomic E-state index is -0.354. The Kier molecular flexibility index (Phi) is 7.29. The first-order chi connectivity index (χ1) is 8.90. The fraction of sp³-hybridized carbons (Fsp3) is 1.00. The van der Waals surface area contributed by atoms with Crippen LogP contribution in [0.4, 0.5) is 0 Å². The Bertz CT molecular complexity index is 233. The first kappa shape index (κ1) is 16.9. The quantitative estimate of drug-likeness (QED) is 0.711. The summed E-state index contributed by atoms with van der Waals surface area (Å²) in [6.45, 7) is 16.3. The molecule has 0 radical (unpaired) electrons. The van der Waals surface area contributed by atoms with Gasteiger partial charge in [0.25, 0.3) is 0 Å². The Balaban J connectivity index is 2.06. The number of aliphatic hydroxyl groups excluding tert-OH is 1. The average molecular weight is 272 g/mol. The van der Waals surface area contributed by atoms with Gasteiger partial charge in [-0.2, -0.15) is 0 Å². The summed E-state index contributed by atoms with van der Waals surface area (Å²) in [5.74, 6) is 0. The van der Waals surface area contributed by atoms with Crippen molar-refractivity contribution in [2.24, 2.45) is 5.41 Å². The SMILES string of the molecule is CCN1CCN(CC(O)COCCC(C)(C)C)CC1. The number of hydrogen-bond acceptors (Lipinski definition) is 4. The molecule has 1 unspecified atom stereocenters. The molecular formula is C15H32N2O2. The van der Waals surface area contributed by atoms with E-state index in [1.165, 1.54) is 0 Å². The molecule has 0 aliphatic carbocycles. The molecule has 19 heavy (non-hydrogen) atoms. The van der Waals surface area contributed by atoms with Crippen LogP contribution in [0.25, 0.3) is 0 Å². The molecule has 0 aromatic heterocycles. The standard InChI is InChI=1S/C15H32N2O2/c1-5-16-7-9-17(10-8-16)12-14(18)13-19-11-6-15(2,3)4/h14,18H,5-13H2,1-4H3. The van der Waals surface area contributed by atoms with Gasteiger partial charge in [-0.25, -0.2) is 0 Å². The van der Waals surface area contributed by atoms with Gasteiger partial charge in [-0.3, -0.25) is 4.90 Å². The summed E-state index contributed by atoms with van der Waals surface area (Å²) in [5.41, 5.74) is 0.307. The Morgan fingerprint density at radius 2 is 1.68 bits per heavy atom. The van der Waals surface area contributed by atoms with E-state index in [2.05, 4.69) is 37.5 Å². The number of nitrogens with zero attached hydrogens (tertiary/aromatic N) is 2. The predicted octanol–water partition coefficient (Wildman–Crippen LogP) is 1.44. The molecule has 4 nitrogen and oxygen atoms in total. The fourth-order valence-electron chi connectivity index (χ4n) is 2.24. The highest BCUT2D eigenvalue weighted by atomic mass is 16.5. The number of piperazine rings is 1. The second-order valence-electron chi connectivity index (χ2n) is 6.77. The summed E-state index contributed by atoms with van der Waals surface area (Å²) in [7, 11) is 0. The Hall–Kier alpha value is -0.160. The molecule has 0 aromatic rings. The number of ether oxygens (including phenoxy) is 1. The van der Waals surface area contributed by atoms with Crippen molar-refractivity contribution in [2.45, 2.75) is 40.2 Å². The number of β-amino-alcohol motifs (C(OH)–C–C–N with tert-alkyl or cyclic N) is 1. The van der Waals surface area contributed by atoms with Crippen molar-refractivity contribution in [3.05, 3.63) is 0 Å². The smallest absolute Gasteiger partial charge is 0.0900 e. The van der Waals surface area contributed by atoms with Gasteiger partial charge in [-0.05, 0) is 18.4 Å². The van der Waals surface area contributed by atoms with Gasteiger partial charge in [0.1, 0.15) is 0 Å². The first-order valence-electron chi connectivity index (χ1n) is 7.61. The van der Waals surface area contributed by atoms with Gasteiger partial charge in [0.15, 0.2) is 0 Å². The Labute approximate surface area is 118 Å². The van der Waals surface area contributed by atoms with Gasteiger partial charge in [-0.1, -0.05) is 27.7 Å². The molecule has 1 heterocycles. The molecule has 0 saturated carbocycles. The van der Waals surface area contributed by atoms with Crippen molar-refractivity contribution in [3.8, 4) is 0 Å². The van der Waals surface area contributed by atoms with Crippen molar-refractivity contribution in [1.29, 1.82) is 0 Å². The van der Waals surface area contributed by atoms with Crippen LogP contribution in [0.2, 0.25) is 0 Å². The van der Waals surface area contributed by atoms with E-state index in [0.717, 1.165) is 52.3 Å².